The van der Waals surface area contributed by atoms with Crippen molar-refractivity contribution < 1.29 is 90.8 Å². The molecule has 0 aromatic carbocycles. The zero-order valence-corrected chi connectivity index (χ0v) is 35.1. The van der Waals surface area contributed by atoms with E-state index in [4.69, 9.17) is 47.0 Å². The molecule has 15 atom stereocenters. The Morgan fingerprint density at radius 3 is 2.02 bits per heavy atom. The predicted molar refractivity (Wildman–Crippen MR) is 194 cm³/mol. The summed E-state index contributed by atoms with van der Waals surface area (Å²) >= 11 is 0. The van der Waals surface area contributed by atoms with Crippen molar-refractivity contribution in [3.8, 4) is 0 Å². The minimum atomic E-state index is -2.99. The average Bonchev–Trinajstić information content (AvgIpc) is 3.95. The third-order valence-electron chi connectivity index (χ3n) is 14.7. The summed E-state index contributed by atoms with van der Waals surface area (Å²) in [6.07, 6.45) is -7.66. The minimum absolute atomic E-state index is 0.0148. The van der Waals surface area contributed by atoms with Crippen molar-refractivity contribution in [1.82, 2.24) is 0 Å². The molecular formula is C41H52O19. The maximum Gasteiger partial charge on any atom is 0.305 e. The molecular weight excluding hydrogens is 796 g/mol. The zero-order valence-electron chi connectivity index (χ0n) is 35.1. The molecule has 1 spiro atoms. The van der Waals surface area contributed by atoms with Gasteiger partial charge >= 0.3 is 41.8 Å². The topological polar surface area (TPSA) is 256 Å². The van der Waals surface area contributed by atoms with Crippen LogP contribution in [0.1, 0.15) is 99.7 Å². The smallest absolute Gasteiger partial charge is 0.305 e. The molecule has 2 aliphatic heterocycles. The van der Waals surface area contributed by atoms with Crippen molar-refractivity contribution >= 4 is 41.8 Å². The van der Waals surface area contributed by atoms with E-state index in [1.807, 2.05) is 0 Å². The highest BCUT2D eigenvalue weighted by atomic mass is 16.8. The average molecular weight is 849 g/mol. The standard InChI is InChI=1S/C41H52O19/c1-11-36-15-27-35(9,29(54-20(3)43)25-12-13-52-16-25)30(55-21(4)44)31(56-22(5)45)41(50)37(18-53-19(2)42)26(14-28(48)51-10)34(8)17-38(37,49)40(58-24(7)47,32(34)57-23(6)46)33(59-36)39(27,41)60-36/h12-13,16,26-27,29-33,49-50H,11,14-15,17-18H2,1-10H3/t26-,27+,29-,30-,31+,32-,33-,34-,35+,36-,37+,38+,39+,40-,41-/m0/s1. The lowest BCUT2D eigenvalue weighted by Crippen LogP contribution is -2.97. The van der Waals surface area contributed by atoms with Crippen LogP contribution in [0, 0.1) is 28.1 Å². The number of esters is 7. The van der Waals surface area contributed by atoms with Crippen LogP contribution in [-0.2, 0) is 76.2 Å². The van der Waals surface area contributed by atoms with Crippen molar-refractivity contribution in [3.05, 3.63) is 24.2 Å². The molecule has 7 rings (SSSR count). The summed E-state index contributed by atoms with van der Waals surface area (Å²) in [5.41, 5.74) is -16.6. The monoisotopic (exact) mass is 848 g/mol. The molecule has 2 N–H and O–H groups in total. The molecule has 6 aliphatic rings. The highest BCUT2D eigenvalue weighted by molar-refractivity contribution is 5.74. The van der Waals surface area contributed by atoms with E-state index in [1.54, 1.807) is 20.8 Å². The number of ether oxygens (including phenoxy) is 9. The quantitative estimate of drug-likeness (QED) is 0.225. The van der Waals surface area contributed by atoms with Crippen LogP contribution in [0.25, 0.3) is 0 Å². The molecule has 330 valence electrons. The van der Waals surface area contributed by atoms with E-state index in [-0.39, 0.29) is 18.4 Å². The summed E-state index contributed by atoms with van der Waals surface area (Å²) in [5.74, 6) is -11.0. The summed E-state index contributed by atoms with van der Waals surface area (Å²) in [4.78, 5) is 94.0. The Balaban J connectivity index is 1.72. The largest absolute Gasteiger partial charge is 0.472 e. The van der Waals surface area contributed by atoms with E-state index in [1.165, 1.54) is 18.6 Å². The van der Waals surface area contributed by atoms with E-state index in [2.05, 4.69) is 0 Å². The molecule has 0 unspecified atom stereocenters. The van der Waals surface area contributed by atoms with Crippen LogP contribution in [0.4, 0.5) is 0 Å². The van der Waals surface area contributed by atoms with E-state index < -0.39 is 148 Å². The maximum atomic E-state index is 14.8. The Morgan fingerprint density at radius 2 is 1.50 bits per heavy atom. The number of furan rings is 1. The summed E-state index contributed by atoms with van der Waals surface area (Å²) in [6, 6.07) is 1.50. The molecule has 4 bridgehead atoms. The highest BCUT2D eigenvalue weighted by Crippen LogP contribution is 2.87. The minimum Gasteiger partial charge on any atom is -0.472 e. The SMILES string of the molecule is CC[C@@]12C[C@@H]3[C@](C)([C@@H](OC(C)=O)c4ccoc4)[C@@H](OC(C)=O)[C@@H](OC(C)=O)[C@@]4(O)[C@]3(O1)[C@H](O2)[C@@]1(OC(C)=O)[C@@H](OC(C)=O)[C@@]2(C)C[C@@]1(O)[C@@]4(COC(C)=O)[C@H]2CC(=O)OC. The molecule has 0 radical (unpaired) electrons. The first-order valence-electron chi connectivity index (χ1n) is 19.8. The van der Waals surface area contributed by atoms with Gasteiger partial charge in [0.2, 0.25) is 5.60 Å². The number of hydrogen-bond donors (Lipinski definition) is 2. The van der Waals surface area contributed by atoms with Crippen molar-refractivity contribution in [2.45, 2.75) is 147 Å². The fraction of sp³-hybridized carbons (Fsp3) is 0.732. The molecule has 6 fully saturated rings. The lowest BCUT2D eigenvalue weighted by Gasteiger charge is -2.77. The molecule has 1 aromatic rings. The van der Waals surface area contributed by atoms with Crippen LogP contribution in [0.15, 0.2) is 23.0 Å². The second kappa shape index (κ2) is 13.7. The van der Waals surface area contributed by atoms with Crippen molar-refractivity contribution in [1.29, 1.82) is 0 Å². The number of carbonyl (C=O) groups excluding carboxylic acids is 7. The van der Waals surface area contributed by atoms with Gasteiger partial charge in [0.05, 0.1) is 30.5 Å². The van der Waals surface area contributed by atoms with E-state index in [9.17, 15) is 43.8 Å². The third kappa shape index (κ3) is 5.05. The Labute approximate surface area is 344 Å². The van der Waals surface area contributed by atoms with Gasteiger partial charge in [0.15, 0.2) is 24.1 Å². The molecule has 4 saturated carbocycles. The van der Waals surface area contributed by atoms with Gasteiger partial charge in [0.25, 0.3) is 0 Å². The number of rotatable bonds is 12. The van der Waals surface area contributed by atoms with Crippen LogP contribution in [0.2, 0.25) is 0 Å². The molecule has 4 aliphatic carbocycles. The lowest BCUT2D eigenvalue weighted by atomic mass is 9.32. The number of hydrogen-bond acceptors (Lipinski definition) is 19. The molecule has 3 heterocycles. The number of aliphatic hydroxyl groups is 2. The van der Waals surface area contributed by atoms with Crippen molar-refractivity contribution in [2.75, 3.05) is 13.7 Å². The van der Waals surface area contributed by atoms with Gasteiger partial charge in [-0.2, -0.15) is 0 Å². The molecule has 19 nitrogen and oxygen atoms in total. The van der Waals surface area contributed by atoms with Crippen molar-refractivity contribution in [3.63, 3.8) is 0 Å². The number of carbonyl (C=O) groups is 7. The van der Waals surface area contributed by atoms with Crippen LogP contribution in [0.5, 0.6) is 0 Å². The molecule has 1 aromatic heterocycles. The molecule has 60 heavy (non-hydrogen) atoms. The van der Waals surface area contributed by atoms with E-state index in [0.29, 0.717) is 0 Å². The summed E-state index contributed by atoms with van der Waals surface area (Å²) in [7, 11) is 1.11. The first-order chi connectivity index (χ1) is 27.9. The number of fused-ring (bicyclic) bond motifs is 4. The van der Waals surface area contributed by atoms with Gasteiger partial charge < -0.3 is 57.3 Å². The van der Waals surface area contributed by atoms with E-state index >= 15 is 0 Å². The summed E-state index contributed by atoms with van der Waals surface area (Å²) < 4.78 is 61.6. The van der Waals surface area contributed by atoms with Crippen LogP contribution in [0.3, 0.4) is 0 Å². The lowest BCUT2D eigenvalue weighted by molar-refractivity contribution is -0.447. The maximum absolute atomic E-state index is 14.8. The first kappa shape index (κ1) is 43.5. The number of methoxy groups -OCH3 is 1. The summed E-state index contributed by atoms with van der Waals surface area (Å²) in [6.45, 7) is 10.3. The molecule has 2 saturated heterocycles. The fourth-order valence-corrected chi connectivity index (χ4v) is 13.3. The van der Waals surface area contributed by atoms with Gasteiger partial charge in [-0.3, -0.25) is 33.6 Å². The fourth-order valence-electron chi connectivity index (χ4n) is 13.3. The second-order valence-electron chi connectivity index (χ2n) is 17.7. The Kier molecular flexibility index (Phi) is 9.94. The predicted octanol–water partition coefficient (Wildman–Crippen LogP) is 1.91. The van der Waals surface area contributed by atoms with Crippen LogP contribution < -0.4 is 0 Å². The Bertz CT molecular complexity index is 2020. The van der Waals surface area contributed by atoms with E-state index in [0.717, 1.165) is 48.7 Å². The van der Waals surface area contributed by atoms with Gasteiger partial charge in [0.1, 0.15) is 35.6 Å². The van der Waals surface area contributed by atoms with Crippen molar-refractivity contribution in [2.24, 2.45) is 28.1 Å². The molecule has 0 amide bonds. The molecule has 19 heteroatoms. The Hall–Kier alpha value is -4.59. The van der Waals surface area contributed by atoms with Gasteiger partial charge in [-0.1, -0.05) is 20.8 Å². The zero-order chi connectivity index (χ0) is 44.4. The second-order valence-corrected chi connectivity index (χ2v) is 17.7. The van der Waals surface area contributed by atoms with Gasteiger partial charge in [-0.25, -0.2) is 0 Å². The third-order valence-corrected chi connectivity index (χ3v) is 14.7. The van der Waals surface area contributed by atoms with Gasteiger partial charge in [-0.05, 0) is 24.8 Å². The highest BCUT2D eigenvalue weighted by Gasteiger charge is 3.05. The van der Waals surface area contributed by atoms with Gasteiger partial charge in [0, 0.05) is 71.3 Å². The van der Waals surface area contributed by atoms with Crippen LogP contribution >= 0.6 is 0 Å². The summed E-state index contributed by atoms with van der Waals surface area (Å²) in [5, 5.41) is 28.8. The van der Waals surface area contributed by atoms with Crippen LogP contribution in [-0.4, -0.2) is 118 Å². The normalized spacial score (nSPS) is 44.2. The van der Waals surface area contributed by atoms with Gasteiger partial charge in [-0.15, -0.1) is 0 Å². The first-order valence-corrected chi connectivity index (χ1v) is 19.8. The Morgan fingerprint density at radius 1 is 0.867 bits per heavy atom.